The number of benzene rings is 2. The molecule has 4 rings (SSSR count). The number of carbonyl (C=O) groups excluding carboxylic acids is 2. The molecule has 7 heteroatoms. The summed E-state index contributed by atoms with van der Waals surface area (Å²) >= 11 is 0. The molecule has 1 saturated heterocycles. The average Bonchev–Trinajstić information content (AvgIpc) is 3.14. The smallest absolute Gasteiger partial charge is 0.310 e. The summed E-state index contributed by atoms with van der Waals surface area (Å²) in [5.74, 6) is 1.86. The van der Waals surface area contributed by atoms with Crippen LogP contribution in [0.15, 0.2) is 48.2 Å². The van der Waals surface area contributed by atoms with Crippen LogP contribution >= 0.6 is 0 Å². The van der Waals surface area contributed by atoms with Crippen LogP contribution in [0.1, 0.15) is 35.7 Å². The van der Waals surface area contributed by atoms with Crippen LogP contribution in [-0.2, 0) is 9.53 Å². The molecular weight excluding hydrogens is 422 g/mol. The first-order chi connectivity index (χ1) is 16.1. The molecule has 0 spiro atoms. The highest BCUT2D eigenvalue weighted by Gasteiger charge is 2.28. The molecular formula is C26H29NO6. The molecule has 1 fully saturated rings. The summed E-state index contributed by atoms with van der Waals surface area (Å²) in [5, 5.41) is 0. The summed E-state index contributed by atoms with van der Waals surface area (Å²) in [4.78, 5) is 26.9. The van der Waals surface area contributed by atoms with Crippen molar-refractivity contribution in [1.82, 2.24) is 4.90 Å². The summed E-state index contributed by atoms with van der Waals surface area (Å²) in [6.07, 6.45) is 3.57. The summed E-state index contributed by atoms with van der Waals surface area (Å²) < 4.78 is 22.1. The Morgan fingerprint density at radius 2 is 1.97 bits per heavy atom. The van der Waals surface area contributed by atoms with E-state index in [0.29, 0.717) is 36.8 Å². The molecule has 1 atom stereocenters. The minimum Gasteiger partial charge on any atom is -0.497 e. The number of carbonyl (C=O) groups is 2. The SMILES string of the molecule is CCOC(=O)[C@H]1CCCN(CCOc2ccc3c(c2)OC(=Cc2ccc(OC)cc2)C3=O)C1. The highest BCUT2D eigenvalue weighted by Crippen LogP contribution is 2.35. The highest BCUT2D eigenvalue weighted by molar-refractivity contribution is 6.14. The predicted octanol–water partition coefficient (Wildman–Crippen LogP) is 3.97. The molecule has 174 valence electrons. The van der Waals surface area contributed by atoms with Gasteiger partial charge in [-0.2, -0.15) is 0 Å². The Morgan fingerprint density at radius 1 is 1.18 bits per heavy atom. The third-order valence-electron chi connectivity index (χ3n) is 5.86. The first-order valence-electron chi connectivity index (χ1n) is 11.3. The van der Waals surface area contributed by atoms with Crippen molar-refractivity contribution >= 4 is 17.8 Å². The Morgan fingerprint density at radius 3 is 2.73 bits per heavy atom. The zero-order chi connectivity index (χ0) is 23.2. The van der Waals surface area contributed by atoms with Crippen molar-refractivity contribution in [3.8, 4) is 17.2 Å². The van der Waals surface area contributed by atoms with Crippen molar-refractivity contribution in [2.24, 2.45) is 5.92 Å². The summed E-state index contributed by atoms with van der Waals surface area (Å²) in [6, 6.07) is 12.7. The quantitative estimate of drug-likeness (QED) is 0.444. The third-order valence-corrected chi connectivity index (χ3v) is 5.86. The minimum atomic E-state index is -0.148. The van der Waals surface area contributed by atoms with Gasteiger partial charge in [0.25, 0.3) is 0 Å². The van der Waals surface area contributed by atoms with Crippen molar-refractivity contribution in [3.63, 3.8) is 0 Å². The van der Waals surface area contributed by atoms with E-state index < -0.39 is 0 Å². The van der Waals surface area contributed by atoms with E-state index in [1.54, 1.807) is 31.4 Å². The van der Waals surface area contributed by atoms with E-state index in [9.17, 15) is 9.59 Å². The maximum atomic E-state index is 12.7. The highest BCUT2D eigenvalue weighted by atomic mass is 16.5. The molecule has 0 saturated carbocycles. The number of piperidine rings is 1. The number of hydrogen-bond acceptors (Lipinski definition) is 7. The Kier molecular flexibility index (Phi) is 7.29. The number of fused-ring (bicyclic) bond motifs is 1. The van der Waals surface area contributed by atoms with E-state index >= 15 is 0 Å². The van der Waals surface area contributed by atoms with Gasteiger partial charge in [-0.1, -0.05) is 12.1 Å². The normalized spacial score (nSPS) is 19.2. The van der Waals surface area contributed by atoms with Crippen molar-refractivity contribution < 1.29 is 28.5 Å². The van der Waals surface area contributed by atoms with Crippen LogP contribution < -0.4 is 14.2 Å². The molecule has 0 aromatic heterocycles. The van der Waals surface area contributed by atoms with Gasteiger partial charge in [-0.05, 0) is 62.2 Å². The number of nitrogens with zero attached hydrogens (tertiary/aromatic N) is 1. The Bertz CT molecular complexity index is 1030. The van der Waals surface area contributed by atoms with Gasteiger partial charge in [0.1, 0.15) is 23.9 Å². The molecule has 2 aromatic carbocycles. The molecule has 2 aliphatic rings. The zero-order valence-electron chi connectivity index (χ0n) is 19.0. The van der Waals surface area contributed by atoms with Crippen molar-refractivity contribution in [3.05, 3.63) is 59.4 Å². The third kappa shape index (κ3) is 5.54. The lowest BCUT2D eigenvalue weighted by atomic mass is 9.98. The van der Waals surface area contributed by atoms with E-state index in [2.05, 4.69) is 4.90 Å². The Hall–Kier alpha value is -3.32. The first-order valence-corrected chi connectivity index (χ1v) is 11.3. The number of likely N-dealkylation sites (tertiary alicyclic amines) is 1. The fourth-order valence-corrected chi connectivity index (χ4v) is 4.11. The van der Waals surface area contributed by atoms with E-state index in [0.717, 1.165) is 37.2 Å². The molecule has 2 aromatic rings. The molecule has 2 heterocycles. The number of ketones is 1. The van der Waals surface area contributed by atoms with E-state index in [4.69, 9.17) is 18.9 Å². The van der Waals surface area contributed by atoms with Gasteiger partial charge in [-0.3, -0.25) is 14.5 Å². The van der Waals surface area contributed by atoms with Crippen LogP contribution in [0, 0.1) is 5.92 Å². The Labute approximate surface area is 193 Å². The number of Topliss-reactive ketones (excluding diaryl/α,β-unsaturated/α-hetero) is 1. The number of esters is 1. The van der Waals surface area contributed by atoms with Gasteiger partial charge >= 0.3 is 5.97 Å². The fraction of sp³-hybridized carbons (Fsp3) is 0.385. The standard InChI is InChI=1S/C26H29NO6/c1-3-31-26(29)19-5-4-12-27(17-19)13-14-32-21-10-11-22-23(16-21)33-24(25(22)28)15-18-6-8-20(30-2)9-7-18/h6-11,15-16,19H,3-5,12-14,17H2,1-2H3/t19-/m0/s1. The maximum absolute atomic E-state index is 12.7. The summed E-state index contributed by atoms with van der Waals surface area (Å²) in [6.45, 7) is 5.09. The van der Waals surface area contributed by atoms with E-state index in [1.165, 1.54) is 0 Å². The largest absolute Gasteiger partial charge is 0.497 e. The second-order valence-corrected chi connectivity index (χ2v) is 8.11. The summed E-state index contributed by atoms with van der Waals surface area (Å²) in [7, 11) is 1.61. The van der Waals surface area contributed by atoms with Crippen LogP contribution in [-0.4, -0.2) is 56.6 Å². The number of allylic oxidation sites excluding steroid dienone is 1. The van der Waals surface area contributed by atoms with Gasteiger partial charge in [0, 0.05) is 19.2 Å². The van der Waals surface area contributed by atoms with Crippen LogP contribution in [0.25, 0.3) is 6.08 Å². The first kappa shape index (κ1) is 22.9. The number of ether oxygens (including phenoxy) is 4. The van der Waals surface area contributed by atoms with Gasteiger partial charge in [0.2, 0.25) is 5.78 Å². The van der Waals surface area contributed by atoms with Gasteiger partial charge in [0.15, 0.2) is 5.76 Å². The van der Waals surface area contributed by atoms with Gasteiger partial charge in [-0.15, -0.1) is 0 Å². The molecule has 0 bridgehead atoms. The van der Waals surface area contributed by atoms with E-state index in [1.807, 2.05) is 31.2 Å². The second-order valence-electron chi connectivity index (χ2n) is 8.11. The lowest BCUT2D eigenvalue weighted by Crippen LogP contribution is -2.41. The molecule has 0 unspecified atom stereocenters. The zero-order valence-corrected chi connectivity index (χ0v) is 19.0. The lowest BCUT2D eigenvalue weighted by Gasteiger charge is -2.31. The fourth-order valence-electron chi connectivity index (χ4n) is 4.11. The van der Waals surface area contributed by atoms with E-state index in [-0.39, 0.29) is 23.4 Å². The topological polar surface area (TPSA) is 74.3 Å². The van der Waals surface area contributed by atoms with Crippen molar-refractivity contribution in [2.45, 2.75) is 19.8 Å². The lowest BCUT2D eigenvalue weighted by molar-refractivity contribution is -0.150. The molecule has 0 amide bonds. The maximum Gasteiger partial charge on any atom is 0.310 e. The van der Waals surface area contributed by atoms with Gasteiger partial charge < -0.3 is 18.9 Å². The van der Waals surface area contributed by atoms with Crippen molar-refractivity contribution in [1.29, 1.82) is 0 Å². The molecule has 2 aliphatic heterocycles. The molecule has 0 radical (unpaired) electrons. The Balaban J connectivity index is 1.32. The molecule has 7 nitrogen and oxygen atoms in total. The van der Waals surface area contributed by atoms with Gasteiger partial charge in [0.05, 0.1) is 25.2 Å². The number of hydrogen-bond donors (Lipinski definition) is 0. The van der Waals surface area contributed by atoms with Crippen molar-refractivity contribution in [2.75, 3.05) is 40.0 Å². The minimum absolute atomic E-state index is 0.0611. The van der Waals surface area contributed by atoms with Crippen LogP contribution in [0.4, 0.5) is 0 Å². The molecule has 0 aliphatic carbocycles. The average molecular weight is 452 g/mol. The summed E-state index contributed by atoms with van der Waals surface area (Å²) in [5.41, 5.74) is 1.38. The van der Waals surface area contributed by atoms with Gasteiger partial charge in [-0.25, -0.2) is 0 Å². The van der Waals surface area contributed by atoms with Crippen LogP contribution in [0.2, 0.25) is 0 Å². The molecule has 0 N–H and O–H groups in total. The number of rotatable bonds is 8. The number of methoxy groups -OCH3 is 1. The predicted molar refractivity (Wildman–Crippen MR) is 124 cm³/mol. The molecule has 33 heavy (non-hydrogen) atoms. The van der Waals surface area contributed by atoms with Crippen LogP contribution in [0.5, 0.6) is 17.2 Å². The monoisotopic (exact) mass is 451 g/mol. The van der Waals surface area contributed by atoms with Crippen LogP contribution in [0.3, 0.4) is 0 Å². The second kappa shape index (κ2) is 10.5.